The third-order valence-corrected chi connectivity index (χ3v) is 15.6. The highest BCUT2D eigenvalue weighted by Gasteiger charge is 2.51. The van der Waals surface area contributed by atoms with E-state index >= 15 is 0 Å². The van der Waals surface area contributed by atoms with E-state index in [4.69, 9.17) is 18.9 Å². The Hall–Kier alpha value is -1.53. The van der Waals surface area contributed by atoms with Gasteiger partial charge in [-0.1, -0.05) is 256 Å². The molecule has 2 aliphatic rings. The maximum absolute atomic E-state index is 13.3. The van der Waals surface area contributed by atoms with Gasteiger partial charge in [0, 0.05) is 6.42 Å². The molecule has 2 aliphatic heterocycles. The number of nitrogens with one attached hydrogen (secondary N) is 1. The summed E-state index contributed by atoms with van der Waals surface area (Å²) >= 11 is 0. The normalized spacial score (nSPS) is 25.0. The molecule has 2 rings (SSSR count). The van der Waals surface area contributed by atoms with Crippen molar-refractivity contribution in [3.63, 3.8) is 0 Å². The number of carbonyl (C=O) groups excluding carboxylic acids is 1. The first-order valence-electron chi connectivity index (χ1n) is 31.6. The molecule has 0 aromatic rings. The van der Waals surface area contributed by atoms with Gasteiger partial charge in [-0.25, -0.2) is 0 Å². The van der Waals surface area contributed by atoms with E-state index in [2.05, 4.69) is 31.3 Å². The van der Waals surface area contributed by atoms with Crippen LogP contribution in [0.1, 0.15) is 271 Å². The lowest BCUT2D eigenvalue weighted by molar-refractivity contribution is -0.359. The Labute approximate surface area is 462 Å². The van der Waals surface area contributed by atoms with E-state index in [1.165, 1.54) is 205 Å². The minimum absolute atomic E-state index is 0.244. The average molecular weight is 1080 g/mol. The van der Waals surface area contributed by atoms with Gasteiger partial charge in [-0.05, 0) is 32.1 Å². The lowest BCUT2D eigenvalue weighted by atomic mass is 9.97. The molecule has 0 bridgehead atoms. The first-order valence-corrected chi connectivity index (χ1v) is 31.6. The Kier molecular flexibility index (Phi) is 44.8. The summed E-state index contributed by atoms with van der Waals surface area (Å²) in [5, 5.41) is 87.1. The minimum Gasteiger partial charge on any atom is -0.394 e. The van der Waals surface area contributed by atoms with Crippen molar-refractivity contribution in [3.05, 3.63) is 24.3 Å². The molecule has 448 valence electrons. The molecule has 2 heterocycles. The molecule has 2 saturated heterocycles. The molecule has 76 heavy (non-hydrogen) atoms. The number of unbranched alkanes of at least 4 members (excludes halogenated alkanes) is 36. The molecular formula is C62H117NO13. The van der Waals surface area contributed by atoms with Crippen molar-refractivity contribution < 1.29 is 64.6 Å². The fourth-order valence-corrected chi connectivity index (χ4v) is 10.5. The van der Waals surface area contributed by atoms with E-state index in [1.807, 2.05) is 6.08 Å². The van der Waals surface area contributed by atoms with Crippen LogP contribution in [0.3, 0.4) is 0 Å². The number of hydrogen-bond donors (Lipinski definition) is 9. The third-order valence-electron chi connectivity index (χ3n) is 15.6. The number of ether oxygens (including phenoxy) is 4. The highest BCUT2D eigenvalue weighted by molar-refractivity contribution is 5.76. The van der Waals surface area contributed by atoms with Crippen molar-refractivity contribution in [3.8, 4) is 0 Å². The Morgan fingerprint density at radius 2 is 0.842 bits per heavy atom. The molecule has 14 heteroatoms. The van der Waals surface area contributed by atoms with E-state index in [1.54, 1.807) is 6.08 Å². The van der Waals surface area contributed by atoms with Crippen LogP contribution in [0.5, 0.6) is 0 Å². The van der Waals surface area contributed by atoms with Crippen LogP contribution in [0.25, 0.3) is 0 Å². The number of hydrogen-bond acceptors (Lipinski definition) is 13. The van der Waals surface area contributed by atoms with Crippen LogP contribution >= 0.6 is 0 Å². The summed E-state index contributed by atoms with van der Waals surface area (Å²) in [6.45, 7) is 2.81. The predicted octanol–water partition coefficient (Wildman–Crippen LogP) is 11.2. The van der Waals surface area contributed by atoms with E-state index in [9.17, 15) is 45.6 Å². The van der Waals surface area contributed by atoms with Gasteiger partial charge in [-0.15, -0.1) is 0 Å². The lowest BCUT2D eigenvalue weighted by Crippen LogP contribution is -2.65. The second kappa shape index (κ2) is 48.2. The van der Waals surface area contributed by atoms with Gasteiger partial charge in [0.2, 0.25) is 5.91 Å². The van der Waals surface area contributed by atoms with Crippen molar-refractivity contribution >= 4 is 5.91 Å². The molecule has 0 aromatic carbocycles. The van der Waals surface area contributed by atoms with Crippen molar-refractivity contribution in [1.82, 2.24) is 5.32 Å². The van der Waals surface area contributed by atoms with Gasteiger partial charge in [0.15, 0.2) is 12.6 Å². The standard InChI is InChI=1S/C62H117NO13/c1-3-5-7-9-11-13-15-17-19-21-22-23-24-25-26-27-28-29-30-32-34-36-38-40-42-44-46-54(67)63-50(51(66)45-43-41-39-37-35-33-31-20-18-16-14-12-10-8-6-4-2)49-73-61-59(72)57(70)60(53(48-65)75-61)76-62-58(71)56(69)55(68)52(47-64)74-62/h35,37,43,45,50-53,55-62,64-66,68-72H,3-34,36,38-42,44,46-49H2,1-2H3,(H,63,67)/b37-35+,45-43+. The number of carbonyl (C=O) groups is 1. The Morgan fingerprint density at radius 3 is 1.29 bits per heavy atom. The fraction of sp³-hybridized carbons (Fsp3) is 0.919. The zero-order valence-corrected chi connectivity index (χ0v) is 48.3. The zero-order valence-electron chi connectivity index (χ0n) is 48.3. The Bertz CT molecular complexity index is 1370. The molecule has 9 N–H and O–H groups in total. The van der Waals surface area contributed by atoms with Gasteiger partial charge in [0.1, 0.15) is 48.8 Å². The van der Waals surface area contributed by atoms with E-state index in [0.29, 0.717) is 12.8 Å². The number of rotatable bonds is 51. The zero-order chi connectivity index (χ0) is 55.3. The smallest absolute Gasteiger partial charge is 0.220 e. The topological polar surface area (TPSA) is 228 Å². The number of allylic oxidation sites excluding steroid dienone is 3. The molecule has 0 radical (unpaired) electrons. The maximum atomic E-state index is 13.3. The molecule has 0 aromatic heterocycles. The van der Waals surface area contributed by atoms with Crippen molar-refractivity contribution in [2.45, 2.75) is 344 Å². The van der Waals surface area contributed by atoms with Gasteiger partial charge in [0.05, 0.1) is 32.0 Å². The Morgan fingerprint density at radius 1 is 0.461 bits per heavy atom. The number of aliphatic hydroxyl groups is 8. The van der Waals surface area contributed by atoms with Gasteiger partial charge in [-0.2, -0.15) is 0 Å². The summed E-state index contributed by atoms with van der Waals surface area (Å²) in [6, 6.07) is -0.927. The van der Waals surface area contributed by atoms with Gasteiger partial charge >= 0.3 is 0 Å². The van der Waals surface area contributed by atoms with Crippen LogP contribution < -0.4 is 5.32 Å². The van der Waals surface area contributed by atoms with Crippen LogP contribution in [0.15, 0.2) is 24.3 Å². The summed E-state index contributed by atoms with van der Waals surface area (Å²) in [5.74, 6) is -0.244. The highest BCUT2D eigenvalue weighted by Crippen LogP contribution is 2.30. The number of aliphatic hydroxyl groups excluding tert-OH is 8. The highest BCUT2D eigenvalue weighted by atomic mass is 16.7. The van der Waals surface area contributed by atoms with Crippen molar-refractivity contribution in [2.75, 3.05) is 19.8 Å². The minimum atomic E-state index is -1.79. The monoisotopic (exact) mass is 1080 g/mol. The molecule has 12 atom stereocenters. The molecule has 0 saturated carbocycles. The fourth-order valence-electron chi connectivity index (χ4n) is 10.5. The molecule has 2 fully saturated rings. The van der Waals surface area contributed by atoms with Crippen molar-refractivity contribution in [1.29, 1.82) is 0 Å². The second-order valence-corrected chi connectivity index (χ2v) is 22.5. The molecule has 0 aliphatic carbocycles. The van der Waals surface area contributed by atoms with E-state index in [-0.39, 0.29) is 18.9 Å². The predicted molar refractivity (Wildman–Crippen MR) is 305 cm³/mol. The summed E-state index contributed by atoms with van der Waals surface area (Å²) in [5.41, 5.74) is 0. The van der Waals surface area contributed by atoms with Crippen LogP contribution in [0, 0.1) is 0 Å². The van der Waals surface area contributed by atoms with Crippen LogP contribution in [-0.2, 0) is 23.7 Å². The second-order valence-electron chi connectivity index (χ2n) is 22.5. The summed E-state index contributed by atoms with van der Waals surface area (Å²) in [6.07, 6.45) is 40.9. The third kappa shape index (κ3) is 33.3. The van der Waals surface area contributed by atoms with Gasteiger partial charge in [-0.3, -0.25) is 4.79 Å². The molecule has 0 spiro atoms. The lowest BCUT2D eigenvalue weighted by Gasteiger charge is -2.46. The summed E-state index contributed by atoms with van der Waals surface area (Å²) < 4.78 is 22.8. The first-order chi connectivity index (χ1) is 37.1. The van der Waals surface area contributed by atoms with E-state index in [0.717, 1.165) is 32.1 Å². The molecule has 1 amide bonds. The van der Waals surface area contributed by atoms with Crippen LogP contribution in [-0.4, -0.2) is 140 Å². The van der Waals surface area contributed by atoms with Gasteiger partial charge in [0.25, 0.3) is 0 Å². The molecular weight excluding hydrogens is 967 g/mol. The Balaban J connectivity index is 1.71. The largest absolute Gasteiger partial charge is 0.394 e. The summed E-state index contributed by atoms with van der Waals surface area (Å²) in [7, 11) is 0. The average Bonchev–Trinajstić information content (AvgIpc) is 3.42. The van der Waals surface area contributed by atoms with Crippen LogP contribution in [0.2, 0.25) is 0 Å². The summed E-state index contributed by atoms with van der Waals surface area (Å²) in [4.78, 5) is 13.3. The number of amides is 1. The quantitative estimate of drug-likeness (QED) is 0.0204. The molecule has 14 nitrogen and oxygen atoms in total. The maximum Gasteiger partial charge on any atom is 0.220 e. The van der Waals surface area contributed by atoms with E-state index < -0.39 is 86.8 Å². The SMILES string of the molecule is CCCCCCCCCCCC/C=C/CC/C=C/C(O)C(COC1OC(CO)C(OC2OC(CO)C(O)C(O)C2O)C(O)C1O)NC(=O)CCCCCCCCCCCCCCCCCCCCCCCCCCCC. The van der Waals surface area contributed by atoms with Crippen LogP contribution in [0.4, 0.5) is 0 Å². The van der Waals surface area contributed by atoms with Crippen molar-refractivity contribution in [2.24, 2.45) is 0 Å². The molecule has 12 unspecified atom stereocenters. The van der Waals surface area contributed by atoms with Gasteiger partial charge < -0.3 is 65.1 Å². The first kappa shape index (κ1) is 70.6.